The molecule has 1 nitrogen and oxygen atoms in total. The molecule has 0 aliphatic heterocycles. The standard InChI is InChI=1S/C20H27N/c1-14(2)20(18-9-7-6-8-10-18)21-17(5)19-13-15(3)11-12-16(19)4/h6-14,17,20-21H,1-5H3. The monoisotopic (exact) mass is 281 g/mol. The molecule has 0 fully saturated rings. The highest BCUT2D eigenvalue weighted by atomic mass is 15.0. The van der Waals surface area contributed by atoms with Crippen molar-refractivity contribution in [2.24, 2.45) is 5.92 Å². The van der Waals surface area contributed by atoms with Crippen molar-refractivity contribution in [1.82, 2.24) is 5.32 Å². The Balaban J connectivity index is 2.23. The second kappa shape index (κ2) is 6.91. The van der Waals surface area contributed by atoms with Gasteiger partial charge >= 0.3 is 0 Å². The average molecular weight is 281 g/mol. The van der Waals surface area contributed by atoms with Crippen molar-refractivity contribution >= 4 is 0 Å². The Morgan fingerprint density at radius 1 is 0.857 bits per heavy atom. The minimum atomic E-state index is 0.345. The summed E-state index contributed by atoms with van der Waals surface area (Å²) in [5.41, 5.74) is 5.45. The molecule has 0 aliphatic carbocycles. The first kappa shape index (κ1) is 15.8. The summed E-state index contributed by atoms with van der Waals surface area (Å²) in [6.07, 6.45) is 0. The predicted octanol–water partition coefficient (Wildman–Crippen LogP) is 5.35. The number of nitrogens with one attached hydrogen (secondary N) is 1. The molecular weight excluding hydrogens is 254 g/mol. The van der Waals surface area contributed by atoms with Gasteiger partial charge in [-0.15, -0.1) is 0 Å². The van der Waals surface area contributed by atoms with Gasteiger partial charge in [0, 0.05) is 12.1 Å². The highest BCUT2D eigenvalue weighted by Gasteiger charge is 2.19. The van der Waals surface area contributed by atoms with Crippen molar-refractivity contribution in [1.29, 1.82) is 0 Å². The Kier molecular flexibility index (Phi) is 5.19. The minimum absolute atomic E-state index is 0.345. The normalized spacial score (nSPS) is 14.2. The van der Waals surface area contributed by atoms with Gasteiger partial charge in [0.05, 0.1) is 0 Å². The summed E-state index contributed by atoms with van der Waals surface area (Å²) >= 11 is 0. The lowest BCUT2D eigenvalue weighted by atomic mass is 9.93. The van der Waals surface area contributed by atoms with Crippen molar-refractivity contribution in [2.45, 2.75) is 46.7 Å². The summed E-state index contributed by atoms with van der Waals surface area (Å²) in [6, 6.07) is 18.2. The number of hydrogen-bond donors (Lipinski definition) is 1. The van der Waals surface area contributed by atoms with Crippen molar-refractivity contribution < 1.29 is 0 Å². The summed E-state index contributed by atoms with van der Waals surface area (Å²) in [5, 5.41) is 3.82. The van der Waals surface area contributed by atoms with E-state index in [0.717, 1.165) is 0 Å². The van der Waals surface area contributed by atoms with E-state index in [4.69, 9.17) is 0 Å². The van der Waals surface area contributed by atoms with Gasteiger partial charge in [-0.25, -0.2) is 0 Å². The second-order valence-corrected chi connectivity index (χ2v) is 6.38. The van der Waals surface area contributed by atoms with E-state index < -0.39 is 0 Å². The topological polar surface area (TPSA) is 12.0 Å². The molecule has 2 rings (SSSR count). The van der Waals surface area contributed by atoms with Crippen molar-refractivity contribution in [2.75, 3.05) is 0 Å². The third-order valence-electron chi connectivity index (χ3n) is 4.16. The maximum atomic E-state index is 3.82. The van der Waals surface area contributed by atoms with Crippen LogP contribution in [0.1, 0.15) is 55.1 Å². The zero-order valence-electron chi connectivity index (χ0n) is 13.9. The van der Waals surface area contributed by atoms with Crippen LogP contribution in [0.4, 0.5) is 0 Å². The van der Waals surface area contributed by atoms with Crippen LogP contribution in [0.2, 0.25) is 0 Å². The molecule has 112 valence electrons. The van der Waals surface area contributed by atoms with Crippen molar-refractivity contribution in [3.8, 4) is 0 Å². The van der Waals surface area contributed by atoms with Gasteiger partial charge in [-0.3, -0.25) is 0 Å². The number of rotatable bonds is 5. The van der Waals surface area contributed by atoms with E-state index in [0.29, 0.717) is 18.0 Å². The lowest BCUT2D eigenvalue weighted by Gasteiger charge is -2.28. The van der Waals surface area contributed by atoms with Crippen LogP contribution in [0.15, 0.2) is 48.5 Å². The van der Waals surface area contributed by atoms with Gasteiger partial charge in [0.15, 0.2) is 0 Å². The molecule has 0 saturated carbocycles. The first-order chi connectivity index (χ1) is 9.99. The smallest absolute Gasteiger partial charge is 0.0348 e. The maximum absolute atomic E-state index is 3.82. The molecular formula is C20H27N. The van der Waals surface area contributed by atoms with E-state index in [1.165, 1.54) is 22.3 Å². The third kappa shape index (κ3) is 3.95. The van der Waals surface area contributed by atoms with Crippen LogP contribution in [0, 0.1) is 19.8 Å². The SMILES string of the molecule is Cc1ccc(C)c(C(C)NC(c2ccccc2)C(C)C)c1. The van der Waals surface area contributed by atoms with Gasteiger partial charge in [0.2, 0.25) is 0 Å². The van der Waals surface area contributed by atoms with E-state index in [1.54, 1.807) is 0 Å². The molecule has 21 heavy (non-hydrogen) atoms. The van der Waals surface area contributed by atoms with E-state index in [1.807, 2.05) is 0 Å². The van der Waals surface area contributed by atoms with Crippen LogP contribution in [-0.4, -0.2) is 0 Å². The summed E-state index contributed by atoms with van der Waals surface area (Å²) in [4.78, 5) is 0. The first-order valence-corrected chi connectivity index (χ1v) is 7.87. The summed E-state index contributed by atoms with van der Waals surface area (Å²) in [6.45, 7) is 11.2. The maximum Gasteiger partial charge on any atom is 0.0348 e. The molecule has 0 spiro atoms. The fraction of sp³-hybridized carbons (Fsp3) is 0.400. The average Bonchev–Trinajstić information content (AvgIpc) is 2.47. The lowest BCUT2D eigenvalue weighted by molar-refractivity contribution is 0.374. The van der Waals surface area contributed by atoms with E-state index >= 15 is 0 Å². The number of hydrogen-bond acceptors (Lipinski definition) is 1. The summed E-state index contributed by atoms with van der Waals surface area (Å²) in [5.74, 6) is 0.556. The zero-order valence-corrected chi connectivity index (χ0v) is 13.9. The summed E-state index contributed by atoms with van der Waals surface area (Å²) < 4.78 is 0. The quantitative estimate of drug-likeness (QED) is 0.779. The molecule has 0 amide bonds. The van der Waals surface area contributed by atoms with Crippen LogP contribution >= 0.6 is 0 Å². The van der Waals surface area contributed by atoms with Gasteiger partial charge in [-0.2, -0.15) is 0 Å². The Morgan fingerprint density at radius 2 is 1.52 bits per heavy atom. The van der Waals surface area contributed by atoms with Gasteiger partial charge in [0.25, 0.3) is 0 Å². The minimum Gasteiger partial charge on any atom is -0.303 e. The molecule has 2 aromatic carbocycles. The zero-order chi connectivity index (χ0) is 15.4. The molecule has 2 unspecified atom stereocenters. The highest BCUT2D eigenvalue weighted by Crippen LogP contribution is 2.27. The van der Waals surface area contributed by atoms with Gasteiger partial charge in [0.1, 0.15) is 0 Å². The highest BCUT2D eigenvalue weighted by molar-refractivity contribution is 5.33. The van der Waals surface area contributed by atoms with E-state index in [9.17, 15) is 0 Å². The molecule has 0 aromatic heterocycles. The predicted molar refractivity (Wildman–Crippen MR) is 91.5 cm³/mol. The molecule has 0 aliphatic rings. The van der Waals surface area contributed by atoms with Crippen LogP contribution in [0.5, 0.6) is 0 Å². The van der Waals surface area contributed by atoms with Crippen LogP contribution < -0.4 is 5.32 Å². The molecule has 1 heteroatoms. The van der Waals surface area contributed by atoms with Crippen LogP contribution in [0.25, 0.3) is 0 Å². The first-order valence-electron chi connectivity index (χ1n) is 7.87. The van der Waals surface area contributed by atoms with Crippen LogP contribution in [-0.2, 0) is 0 Å². The second-order valence-electron chi connectivity index (χ2n) is 6.38. The number of benzene rings is 2. The van der Waals surface area contributed by atoms with Crippen molar-refractivity contribution in [3.63, 3.8) is 0 Å². The molecule has 0 bridgehead atoms. The molecule has 0 saturated heterocycles. The molecule has 0 radical (unpaired) electrons. The molecule has 0 heterocycles. The molecule has 1 N–H and O–H groups in total. The fourth-order valence-corrected chi connectivity index (χ4v) is 2.92. The Hall–Kier alpha value is -1.60. The van der Waals surface area contributed by atoms with E-state index in [2.05, 4.69) is 88.5 Å². The van der Waals surface area contributed by atoms with Crippen molar-refractivity contribution in [3.05, 3.63) is 70.8 Å². The van der Waals surface area contributed by atoms with E-state index in [-0.39, 0.29) is 0 Å². The fourth-order valence-electron chi connectivity index (χ4n) is 2.92. The summed E-state index contributed by atoms with van der Waals surface area (Å²) in [7, 11) is 0. The van der Waals surface area contributed by atoms with Gasteiger partial charge in [-0.05, 0) is 43.4 Å². The molecule has 2 aromatic rings. The lowest BCUT2D eigenvalue weighted by Crippen LogP contribution is -2.28. The Labute approximate surface area is 129 Å². The largest absolute Gasteiger partial charge is 0.303 e. The third-order valence-corrected chi connectivity index (χ3v) is 4.16. The van der Waals surface area contributed by atoms with Crippen LogP contribution in [0.3, 0.4) is 0 Å². The van der Waals surface area contributed by atoms with Gasteiger partial charge in [-0.1, -0.05) is 67.9 Å². The Morgan fingerprint density at radius 3 is 2.14 bits per heavy atom. The molecule has 2 atom stereocenters. The van der Waals surface area contributed by atoms with Gasteiger partial charge < -0.3 is 5.32 Å². The Bertz CT molecular complexity index is 572. The number of aryl methyl sites for hydroxylation is 2.